The summed E-state index contributed by atoms with van der Waals surface area (Å²) in [6, 6.07) is 7.29. The number of nitrogens with zero attached hydrogens (tertiary/aromatic N) is 4. The van der Waals surface area contributed by atoms with Gasteiger partial charge in [0.15, 0.2) is 0 Å². The van der Waals surface area contributed by atoms with Crippen LogP contribution >= 0.6 is 23.2 Å². The molecule has 1 aliphatic rings. The standard InChI is InChI=1S/C21H24Cl2N4O/c1-14(2)21-24-15(3)13-19(25-21)26-9-11-27(12-10-26)20(28)8-7-16-17(22)5-4-6-18(16)23/h4-8,13-14H,9-12H2,1-3H3/b8-7+. The maximum atomic E-state index is 12.5. The number of benzene rings is 1. The first kappa shape index (κ1) is 20.6. The summed E-state index contributed by atoms with van der Waals surface area (Å²) >= 11 is 12.3. The van der Waals surface area contributed by atoms with Gasteiger partial charge in [-0.25, -0.2) is 9.97 Å². The first-order chi connectivity index (χ1) is 13.3. The molecule has 0 radical (unpaired) electrons. The van der Waals surface area contributed by atoms with Gasteiger partial charge in [-0.05, 0) is 25.1 Å². The van der Waals surface area contributed by atoms with Crippen LogP contribution in [0.4, 0.5) is 5.82 Å². The van der Waals surface area contributed by atoms with Crippen LogP contribution in [-0.4, -0.2) is 47.0 Å². The number of halogens is 2. The number of hydrogen-bond acceptors (Lipinski definition) is 4. The molecule has 1 saturated heterocycles. The van der Waals surface area contributed by atoms with Gasteiger partial charge < -0.3 is 9.80 Å². The van der Waals surface area contributed by atoms with Gasteiger partial charge in [0, 0.05) is 65.5 Å². The zero-order valence-corrected chi connectivity index (χ0v) is 17.8. The number of hydrogen-bond donors (Lipinski definition) is 0. The molecule has 0 saturated carbocycles. The molecule has 1 fully saturated rings. The fraction of sp³-hybridized carbons (Fsp3) is 0.381. The maximum absolute atomic E-state index is 12.5. The van der Waals surface area contributed by atoms with Crippen LogP contribution in [0.2, 0.25) is 10.0 Å². The van der Waals surface area contributed by atoms with Crippen molar-refractivity contribution in [3.05, 3.63) is 57.5 Å². The second-order valence-corrected chi connectivity index (χ2v) is 7.98. The van der Waals surface area contributed by atoms with Gasteiger partial charge in [0.1, 0.15) is 11.6 Å². The van der Waals surface area contributed by atoms with Crippen LogP contribution in [-0.2, 0) is 4.79 Å². The Kier molecular flexibility index (Phi) is 6.57. The molecule has 7 heteroatoms. The predicted octanol–water partition coefficient (Wildman–Crippen LogP) is 4.58. The van der Waals surface area contributed by atoms with Gasteiger partial charge >= 0.3 is 0 Å². The fourth-order valence-electron chi connectivity index (χ4n) is 3.08. The second-order valence-electron chi connectivity index (χ2n) is 7.16. The van der Waals surface area contributed by atoms with Crippen molar-refractivity contribution in [1.82, 2.24) is 14.9 Å². The molecule has 148 valence electrons. The summed E-state index contributed by atoms with van der Waals surface area (Å²) in [6.07, 6.45) is 3.22. The van der Waals surface area contributed by atoms with E-state index in [4.69, 9.17) is 28.2 Å². The lowest BCUT2D eigenvalue weighted by Crippen LogP contribution is -2.48. The van der Waals surface area contributed by atoms with E-state index in [0.29, 0.717) is 28.7 Å². The Morgan fingerprint density at radius 3 is 2.36 bits per heavy atom. The molecule has 0 aliphatic carbocycles. The summed E-state index contributed by atoms with van der Waals surface area (Å²) in [6.45, 7) is 8.92. The molecule has 2 aromatic rings. The summed E-state index contributed by atoms with van der Waals surface area (Å²) < 4.78 is 0. The maximum Gasteiger partial charge on any atom is 0.246 e. The molecule has 1 aromatic heterocycles. The molecular formula is C21H24Cl2N4O. The average Bonchev–Trinajstić information content (AvgIpc) is 2.67. The van der Waals surface area contributed by atoms with Crippen LogP contribution in [0.5, 0.6) is 0 Å². The Morgan fingerprint density at radius 2 is 1.75 bits per heavy atom. The Morgan fingerprint density at radius 1 is 1.11 bits per heavy atom. The Balaban J connectivity index is 1.64. The van der Waals surface area contributed by atoms with Crippen LogP contribution in [0.25, 0.3) is 6.08 Å². The first-order valence-electron chi connectivity index (χ1n) is 9.36. The smallest absolute Gasteiger partial charge is 0.246 e. The molecule has 0 atom stereocenters. The van der Waals surface area contributed by atoms with E-state index in [2.05, 4.69) is 23.7 Å². The Labute approximate surface area is 176 Å². The molecule has 0 spiro atoms. The van der Waals surface area contributed by atoms with E-state index in [0.717, 1.165) is 30.4 Å². The number of aromatic nitrogens is 2. The topological polar surface area (TPSA) is 49.3 Å². The number of piperazine rings is 1. The van der Waals surface area contributed by atoms with E-state index in [9.17, 15) is 4.79 Å². The van der Waals surface area contributed by atoms with Gasteiger partial charge in [-0.3, -0.25) is 4.79 Å². The third-order valence-electron chi connectivity index (χ3n) is 4.68. The lowest BCUT2D eigenvalue weighted by molar-refractivity contribution is -0.126. The number of carbonyl (C=O) groups excluding carboxylic acids is 1. The zero-order valence-electron chi connectivity index (χ0n) is 16.3. The van der Waals surface area contributed by atoms with E-state index in [1.807, 2.05) is 17.9 Å². The van der Waals surface area contributed by atoms with Gasteiger partial charge in [-0.2, -0.15) is 0 Å². The van der Waals surface area contributed by atoms with Crippen LogP contribution in [0, 0.1) is 6.92 Å². The summed E-state index contributed by atoms with van der Waals surface area (Å²) in [4.78, 5) is 25.8. The van der Waals surface area contributed by atoms with Crippen molar-refractivity contribution < 1.29 is 4.79 Å². The van der Waals surface area contributed by atoms with Gasteiger partial charge in [-0.1, -0.05) is 43.1 Å². The number of rotatable bonds is 4. The highest BCUT2D eigenvalue weighted by molar-refractivity contribution is 6.37. The van der Waals surface area contributed by atoms with Gasteiger partial charge in [0.05, 0.1) is 0 Å². The van der Waals surface area contributed by atoms with E-state index < -0.39 is 0 Å². The Hall–Kier alpha value is -2.11. The van der Waals surface area contributed by atoms with Crippen molar-refractivity contribution >= 4 is 41.0 Å². The molecule has 1 aliphatic heterocycles. The SMILES string of the molecule is Cc1cc(N2CCN(C(=O)/C=C/c3c(Cl)cccc3Cl)CC2)nc(C(C)C)n1. The minimum atomic E-state index is -0.0441. The first-order valence-corrected chi connectivity index (χ1v) is 10.1. The molecule has 1 amide bonds. The number of carbonyl (C=O) groups is 1. The summed E-state index contributed by atoms with van der Waals surface area (Å²) in [7, 11) is 0. The van der Waals surface area contributed by atoms with Crippen LogP contribution in [0.1, 0.15) is 36.8 Å². The summed E-state index contributed by atoms with van der Waals surface area (Å²) in [5.74, 6) is 2.02. The lowest BCUT2D eigenvalue weighted by atomic mass is 10.2. The number of anilines is 1. The van der Waals surface area contributed by atoms with Gasteiger partial charge in [0.25, 0.3) is 0 Å². The molecule has 2 heterocycles. The monoisotopic (exact) mass is 418 g/mol. The van der Waals surface area contributed by atoms with Crippen LogP contribution in [0.15, 0.2) is 30.3 Å². The highest BCUT2D eigenvalue weighted by Gasteiger charge is 2.21. The second kappa shape index (κ2) is 8.93. The number of amides is 1. The molecule has 28 heavy (non-hydrogen) atoms. The summed E-state index contributed by atoms with van der Waals surface area (Å²) in [5.41, 5.74) is 1.63. The van der Waals surface area contributed by atoms with Gasteiger partial charge in [0.2, 0.25) is 5.91 Å². The molecule has 0 bridgehead atoms. The average molecular weight is 419 g/mol. The number of aryl methyl sites for hydroxylation is 1. The normalized spacial score (nSPS) is 14.9. The molecule has 1 aromatic carbocycles. The van der Waals surface area contributed by atoms with E-state index in [1.165, 1.54) is 6.08 Å². The third-order valence-corrected chi connectivity index (χ3v) is 5.34. The quantitative estimate of drug-likeness (QED) is 0.681. The minimum Gasteiger partial charge on any atom is -0.353 e. The molecular weight excluding hydrogens is 395 g/mol. The highest BCUT2D eigenvalue weighted by Crippen LogP contribution is 2.25. The summed E-state index contributed by atoms with van der Waals surface area (Å²) in [5, 5.41) is 1.06. The van der Waals surface area contributed by atoms with Crippen molar-refractivity contribution in [3.8, 4) is 0 Å². The van der Waals surface area contributed by atoms with Crippen molar-refractivity contribution in [2.45, 2.75) is 26.7 Å². The largest absolute Gasteiger partial charge is 0.353 e. The van der Waals surface area contributed by atoms with Crippen LogP contribution in [0.3, 0.4) is 0 Å². The van der Waals surface area contributed by atoms with Crippen LogP contribution < -0.4 is 4.90 Å². The predicted molar refractivity (Wildman–Crippen MR) is 115 cm³/mol. The van der Waals surface area contributed by atoms with E-state index >= 15 is 0 Å². The molecule has 0 unspecified atom stereocenters. The van der Waals surface area contributed by atoms with E-state index in [1.54, 1.807) is 24.3 Å². The zero-order chi connectivity index (χ0) is 20.3. The van der Waals surface area contributed by atoms with E-state index in [-0.39, 0.29) is 11.8 Å². The van der Waals surface area contributed by atoms with Crippen molar-refractivity contribution in [1.29, 1.82) is 0 Å². The molecule has 3 rings (SSSR count). The molecule has 5 nitrogen and oxygen atoms in total. The van der Waals surface area contributed by atoms with Gasteiger partial charge in [-0.15, -0.1) is 0 Å². The van der Waals surface area contributed by atoms with Crippen molar-refractivity contribution in [3.63, 3.8) is 0 Å². The van der Waals surface area contributed by atoms with Crippen molar-refractivity contribution in [2.24, 2.45) is 0 Å². The highest BCUT2D eigenvalue weighted by atomic mass is 35.5. The Bertz CT molecular complexity index is 870. The lowest BCUT2D eigenvalue weighted by Gasteiger charge is -2.35. The minimum absolute atomic E-state index is 0.0441. The fourth-order valence-corrected chi connectivity index (χ4v) is 3.60. The molecule has 0 N–H and O–H groups in total. The third kappa shape index (κ3) is 4.83. The van der Waals surface area contributed by atoms with Crippen molar-refractivity contribution in [2.75, 3.05) is 31.1 Å².